The smallest absolute Gasteiger partial charge is 0.271 e. The largest absolute Gasteiger partial charge is 0.378 e. The molecule has 0 aromatic heterocycles. The van der Waals surface area contributed by atoms with Gasteiger partial charge in [0.05, 0.1) is 5.71 Å². The van der Waals surface area contributed by atoms with Crippen molar-refractivity contribution in [1.82, 2.24) is 5.43 Å². The lowest BCUT2D eigenvalue weighted by Crippen LogP contribution is -2.20. The van der Waals surface area contributed by atoms with Gasteiger partial charge in [-0.15, -0.1) is 0 Å². The Hall–Kier alpha value is -2.62. The van der Waals surface area contributed by atoms with E-state index in [4.69, 9.17) is 0 Å². The number of nitrogens with one attached hydrogen (secondary N) is 1. The molecule has 0 aliphatic carbocycles. The minimum atomic E-state index is -0.190. The zero-order chi connectivity index (χ0) is 17.4. The number of hydrazone groups is 1. The third-order valence-corrected chi connectivity index (χ3v) is 3.81. The standard InChI is InChI=1S/C20H25N3O/c1-4-5-11-19(16-9-7-6-8-10-16)21-22-20(24)17-12-14-18(15-13-17)23(2)3/h6-10,12-15H,4-5,11H2,1-3H3,(H,22,24)/b21-19+. The fourth-order valence-electron chi connectivity index (χ4n) is 2.33. The number of nitrogens with zero attached hydrogens (tertiary/aromatic N) is 2. The Morgan fingerprint density at radius 3 is 2.25 bits per heavy atom. The first-order valence-corrected chi connectivity index (χ1v) is 8.31. The summed E-state index contributed by atoms with van der Waals surface area (Å²) in [6, 6.07) is 17.5. The van der Waals surface area contributed by atoms with Crippen molar-refractivity contribution in [1.29, 1.82) is 0 Å². The monoisotopic (exact) mass is 323 g/mol. The van der Waals surface area contributed by atoms with Gasteiger partial charge in [0.25, 0.3) is 5.91 Å². The van der Waals surface area contributed by atoms with E-state index in [0.29, 0.717) is 5.56 Å². The number of anilines is 1. The normalized spacial score (nSPS) is 11.2. The molecule has 0 aliphatic rings. The number of benzene rings is 2. The summed E-state index contributed by atoms with van der Waals surface area (Å²) < 4.78 is 0. The van der Waals surface area contributed by atoms with E-state index in [9.17, 15) is 4.79 Å². The lowest BCUT2D eigenvalue weighted by Gasteiger charge is -2.12. The van der Waals surface area contributed by atoms with Crippen molar-refractivity contribution < 1.29 is 4.79 Å². The Labute approximate surface area is 144 Å². The highest BCUT2D eigenvalue weighted by Gasteiger charge is 2.07. The first-order chi connectivity index (χ1) is 11.6. The average Bonchev–Trinajstić information content (AvgIpc) is 2.62. The summed E-state index contributed by atoms with van der Waals surface area (Å²) in [4.78, 5) is 14.3. The zero-order valence-corrected chi connectivity index (χ0v) is 14.6. The van der Waals surface area contributed by atoms with E-state index in [-0.39, 0.29) is 5.91 Å². The molecule has 4 nitrogen and oxygen atoms in total. The Morgan fingerprint density at radius 2 is 1.67 bits per heavy atom. The molecule has 0 atom stereocenters. The molecule has 0 unspecified atom stereocenters. The van der Waals surface area contributed by atoms with E-state index in [1.807, 2.05) is 73.6 Å². The summed E-state index contributed by atoms with van der Waals surface area (Å²) in [5.41, 5.74) is 6.32. The number of carbonyl (C=O) groups is 1. The molecule has 0 aliphatic heterocycles. The molecule has 0 spiro atoms. The van der Waals surface area contributed by atoms with Crippen LogP contribution in [0.4, 0.5) is 5.69 Å². The molecular weight excluding hydrogens is 298 g/mol. The van der Waals surface area contributed by atoms with Crippen molar-refractivity contribution in [3.05, 3.63) is 65.7 Å². The maximum Gasteiger partial charge on any atom is 0.271 e. The van der Waals surface area contributed by atoms with Crippen LogP contribution in [0.1, 0.15) is 42.1 Å². The molecule has 1 N–H and O–H groups in total. The SMILES string of the molecule is CCCC/C(=N\NC(=O)c1ccc(N(C)C)cc1)c1ccccc1. The van der Waals surface area contributed by atoms with Gasteiger partial charge in [0, 0.05) is 25.3 Å². The summed E-state index contributed by atoms with van der Waals surface area (Å²) >= 11 is 0. The van der Waals surface area contributed by atoms with Crippen LogP contribution in [0.15, 0.2) is 59.7 Å². The lowest BCUT2D eigenvalue weighted by molar-refractivity contribution is 0.0955. The van der Waals surface area contributed by atoms with Gasteiger partial charge in [-0.05, 0) is 42.7 Å². The van der Waals surface area contributed by atoms with Gasteiger partial charge in [-0.2, -0.15) is 5.10 Å². The van der Waals surface area contributed by atoms with Crippen LogP contribution in [0.25, 0.3) is 0 Å². The third kappa shape index (κ3) is 4.95. The van der Waals surface area contributed by atoms with Crippen LogP contribution in [0.3, 0.4) is 0 Å². The number of unbranched alkanes of at least 4 members (excludes halogenated alkanes) is 1. The van der Waals surface area contributed by atoms with Gasteiger partial charge in [0.1, 0.15) is 0 Å². The second-order valence-electron chi connectivity index (χ2n) is 5.91. The van der Waals surface area contributed by atoms with Crippen LogP contribution in [-0.2, 0) is 0 Å². The van der Waals surface area contributed by atoms with Gasteiger partial charge in [0.2, 0.25) is 0 Å². The predicted octanol–water partition coefficient (Wildman–Crippen LogP) is 4.08. The maximum absolute atomic E-state index is 12.3. The average molecular weight is 323 g/mol. The minimum Gasteiger partial charge on any atom is -0.378 e. The maximum atomic E-state index is 12.3. The van der Waals surface area contributed by atoms with Crippen molar-refractivity contribution in [3.63, 3.8) is 0 Å². The molecule has 0 fully saturated rings. The quantitative estimate of drug-likeness (QED) is 0.616. The van der Waals surface area contributed by atoms with E-state index in [2.05, 4.69) is 17.5 Å². The molecule has 0 heterocycles. The molecule has 1 amide bonds. The Morgan fingerprint density at radius 1 is 1.00 bits per heavy atom. The van der Waals surface area contributed by atoms with Crippen LogP contribution in [0, 0.1) is 0 Å². The molecule has 126 valence electrons. The molecule has 2 aromatic rings. The van der Waals surface area contributed by atoms with Crippen molar-refractivity contribution in [2.45, 2.75) is 26.2 Å². The van der Waals surface area contributed by atoms with Crippen LogP contribution >= 0.6 is 0 Å². The first-order valence-electron chi connectivity index (χ1n) is 8.31. The van der Waals surface area contributed by atoms with Gasteiger partial charge >= 0.3 is 0 Å². The summed E-state index contributed by atoms with van der Waals surface area (Å²) in [6.07, 6.45) is 2.98. The van der Waals surface area contributed by atoms with Crippen LogP contribution < -0.4 is 10.3 Å². The van der Waals surface area contributed by atoms with Gasteiger partial charge in [-0.3, -0.25) is 4.79 Å². The number of rotatable bonds is 7. The van der Waals surface area contributed by atoms with Crippen LogP contribution in [-0.4, -0.2) is 25.7 Å². The highest BCUT2D eigenvalue weighted by atomic mass is 16.2. The van der Waals surface area contributed by atoms with Gasteiger partial charge in [-0.25, -0.2) is 5.43 Å². The number of hydrogen-bond donors (Lipinski definition) is 1. The molecule has 0 radical (unpaired) electrons. The number of hydrogen-bond acceptors (Lipinski definition) is 3. The molecule has 2 aromatic carbocycles. The van der Waals surface area contributed by atoms with Crippen molar-refractivity contribution in [2.24, 2.45) is 5.10 Å². The fraction of sp³-hybridized carbons (Fsp3) is 0.300. The molecule has 2 rings (SSSR count). The fourth-order valence-corrected chi connectivity index (χ4v) is 2.33. The molecular formula is C20H25N3O. The Kier molecular flexibility index (Phi) is 6.55. The van der Waals surface area contributed by atoms with Gasteiger partial charge in [-0.1, -0.05) is 43.7 Å². The Balaban J connectivity index is 2.11. The summed E-state index contributed by atoms with van der Waals surface area (Å²) in [5, 5.41) is 4.37. The van der Waals surface area contributed by atoms with Gasteiger partial charge < -0.3 is 4.90 Å². The molecule has 0 saturated carbocycles. The number of carbonyl (C=O) groups excluding carboxylic acids is 1. The second kappa shape index (κ2) is 8.87. The van der Waals surface area contributed by atoms with E-state index >= 15 is 0 Å². The third-order valence-electron chi connectivity index (χ3n) is 3.81. The lowest BCUT2D eigenvalue weighted by atomic mass is 10.1. The minimum absolute atomic E-state index is 0.190. The zero-order valence-electron chi connectivity index (χ0n) is 14.6. The first kappa shape index (κ1) is 17.7. The van der Waals surface area contributed by atoms with Crippen molar-refractivity contribution >= 4 is 17.3 Å². The Bertz CT molecular complexity index is 676. The highest BCUT2D eigenvalue weighted by Crippen LogP contribution is 2.12. The molecule has 24 heavy (non-hydrogen) atoms. The summed E-state index contributed by atoms with van der Waals surface area (Å²) in [5.74, 6) is -0.190. The van der Waals surface area contributed by atoms with E-state index < -0.39 is 0 Å². The van der Waals surface area contributed by atoms with E-state index in [0.717, 1.165) is 36.2 Å². The number of amides is 1. The van der Waals surface area contributed by atoms with Crippen LogP contribution in [0.2, 0.25) is 0 Å². The highest BCUT2D eigenvalue weighted by molar-refractivity contribution is 6.02. The van der Waals surface area contributed by atoms with E-state index in [1.54, 1.807) is 0 Å². The topological polar surface area (TPSA) is 44.7 Å². The van der Waals surface area contributed by atoms with Gasteiger partial charge in [0.15, 0.2) is 0 Å². The predicted molar refractivity (Wildman–Crippen MR) is 101 cm³/mol. The summed E-state index contributed by atoms with van der Waals surface area (Å²) in [7, 11) is 3.94. The van der Waals surface area contributed by atoms with E-state index in [1.165, 1.54) is 0 Å². The van der Waals surface area contributed by atoms with Crippen molar-refractivity contribution in [2.75, 3.05) is 19.0 Å². The molecule has 0 saturated heterocycles. The molecule has 4 heteroatoms. The van der Waals surface area contributed by atoms with Crippen molar-refractivity contribution in [3.8, 4) is 0 Å². The summed E-state index contributed by atoms with van der Waals surface area (Å²) in [6.45, 7) is 2.15. The second-order valence-corrected chi connectivity index (χ2v) is 5.91. The van der Waals surface area contributed by atoms with Crippen LogP contribution in [0.5, 0.6) is 0 Å². The molecule has 0 bridgehead atoms.